The van der Waals surface area contributed by atoms with E-state index in [2.05, 4.69) is 0 Å². The highest BCUT2D eigenvalue weighted by Crippen LogP contribution is 1.96. The molecule has 0 aromatic carbocycles. The first-order chi connectivity index (χ1) is 8.32. The molecular formula is C7H14N2O8S2. The summed E-state index contributed by atoms with van der Waals surface area (Å²) in [6, 6.07) is -3.24. The molecule has 2 atom stereocenters. The van der Waals surface area contributed by atoms with Gasteiger partial charge in [-0.1, -0.05) is 0 Å². The molecular weight excluding hydrogens is 304 g/mol. The normalized spacial score (nSPS) is 15.6. The van der Waals surface area contributed by atoms with E-state index in [1.807, 2.05) is 5.32 Å². The lowest BCUT2D eigenvalue weighted by Crippen LogP contribution is -2.52. The Morgan fingerprint density at radius 3 is 1.84 bits per heavy atom. The van der Waals surface area contributed by atoms with Crippen molar-refractivity contribution >= 4 is 31.9 Å². The minimum atomic E-state index is -4.52. The van der Waals surface area contributed by atoms with Gasteiger partial charge in [0.05, 0.1) is 5.75 Å². The molecule has 10 nitrogen and oxygen atoms in total. The highest BCUT2D eigenvalue weighted by atomic mass is 32.2. The highest BCUT2D eigenvalue weighted by molar-refractivity contribution is 7.86. The largest absolute Gasteiger partial charge is 0.344 e. The lowest BCUT2D eigenvalue weighted by atomic mass is 10.2. The van der Waals surface area contributed by atoms with Crippen LogP contribution >= 0.6 is 0 Å². The molecule has 0 heterocycles. The first-order valence-corrected chi connectivity index (χ1v) is 8.00. The summed E-state index contributed by atoms with van der Waals surface area (Å²) in [6.07, 6.45) is 0. The smallest absolute Gasteiger partial charge is 0.267 e. The van der Waals surface area contributed by atoms with Crippen molar-refractivity contribution in [3.63, 3.8) is 0 Å². The second-order valence-electron chi connectivity index (χ2n) is 3.78. The number of carbonyl (C=O) groups excluding carboxylic acids is 2. The van der Waals surface area contributed by atoms with Crippen LogP contribution in [0.3, 0.4) is 0 Å². The maximum atomic E-state index is 11.4. The zero-order valence-corrected chi connectivity index (χ0v) is 11.4. The molecule has 0 aromatic heterocycles. The van der Waals surface area contributed by atoms with Gasteiger partial charge in [0.1, 0.15) is 17.8 Å². The molecule has 0 aliphatic heterocycles. The van der Waals surface area contributed by atoms with Crippen LogP contribution in [0.4, 0.5) is 0 Å². The van der Waals surface area contributed by atoms with E-state index in [0.29, 0.717) is 0 Å². The summed E-state index contributed by atoms with van der Waals surface area (Å²) < 4.78 is 59.2. The number of nitrogens with one attached hydrogen (secondary N) is 1. The Morgan fingerprint density at radius 1 is 1.11 bits per heavy atom. The average Bonchev–Trinajstić information content (AvgIpc) is 2.11. The van der Waals surface area contributed by atoms with E-state index in [1.54, 1.807) is 0 Å². The molecule has 0 rings (SSSR count). The summed E-state index contributed by atoms with van der Waals surface area (Å²) in [6.45, 7) is 0.963. The summed E-state index contributed by atoms with van der Waals surface area (Å²) in [4.78, 5) is 22.4. The summed E-state index contributed by atoms with van der Waals surface area (Å²) >= 11 is 0. The molecule has 5 N–H and O–H groups in total. The maximum Gasteiger partial charge on any atom is 0.267 e. The number of hydrogen-bond acceptors (Lipinski definition) is 7. The fraction of sp³-hybridized carbons (Fsp3) is 0.714. The Bertz CT molecular complexity index is 552. The predicted molar refractivity (Wildman–Crippen MR) is 63.4 cm³/mol. The van der Waals surface area contributed by atoms with Crippen molar-refractivity contribution in [3.8, 4) is 0 Å². The first kappa shape index (κ1) is 17.9. The van der Waals surface area contributed by atoms with Gasteiger partial charge < -0.3 is 11.1 Å². The van der Waals surface area contributed by atoms with Gasteiger partial charge in [-0.15, -0.1) is 0 Å². The van der Waals surface area contributed by atoms with Gasteiger partial charge in [-0.3, -0.25) is 18.7 Å². The van der Waals surface area contributed by atoms with Crippen LogP contribution in [0, 0.1) is 0 Å². The van der Waals surface area contributed by atoms with E-state index < -0.39 is 55.5 Å². The Hall–Kier alpha value is -1.08. The Morgan fingerprint density at radius 2 is 1.53 bits per heavy atom. The molecule has 12 heteroatoms. The van der Waals surface area contributed by atoms with E-state index >= 15 is 0 Å². The third-order valence-corrected chi connectivity index (χ3v) is 3.45. The Balaban J connectivity index is 4.78. The Kier molecular flexibility index (Phi) is 6.02. The van der Waals surface area contributed by atoms with Crippen LogP contribution in [0.15, 0.2) is 0 Å². The van der Waals surface area contributed by atoms with Crippen LogP contribution in [0.2, 0.25) is 0 Å². The van der Waals surface area contributed by atoms with E-state index in [0.717, 1.165) is 6.92 Å². The lowest BCUT2D eigenvalue weighted by Gasteiger charge is -2.17. The summed E-state index contributed by atoms with van der Waals surface area (Å²) in [5.41, 5.74) is 5.14. The van der Waals surface area contributed by atoms with Crippen LogP contribution in [0.5, 0.6) is 0 Å². The molecule has 0 aromatic rings. The van der Waals surface area contributed by atoms with Crippen LogP contribution in [-0.2, 0) is 29.8 Å². The standard InChI is InChI=1S/C7H14N2O8S2/c1-4(10)6(3-19(15,16)17)9-7(11)5(8)2-18(12,13)14/h5-6H,2-3,8H2,1H3,(H,9,11)(H,12,13,14)(H,15,16,17)/t5?,6-/m0/s1. The molecule has 0 aliphatic carbocycles. The summed E-state index contributed by atoms with van der Waals surface area (Å²) in [7, 11) is -9.02. The van der Waals surface area contributed by atoms with E-state index in [9.17, 15) is 26.4 Å². The van der Waals surface area contributed by atoms with E-state index in [4.69, 9.17) is 14.8 Å². The van der Waals surface area contributed by atoms with Crippen LogP contribution in [0.1, 0.15) is 6.92 Å². The van der Waals surface area contributed by atoms with Crippen molar-refractivity contribution in [2.45, 2.75) is 19.0 Å². The number of nitrogens with two attached hydrogens (primary N) is 1. The van der Waals surface area contributed by atoms with Gasteiger partial charge in [-0.2, -0.15) is 16.8 Å². The number of carbonyl (C=O) groups is 2. The van der Waals surface area contributed by atoms with E-state index in [1.165, 1.54) is 0 Å². The molecule has 112 valence electrons. The quantitative estimate of drug-likeness (QED) is 0.359. The SMILES string of the molecule is CC(=O)[C@H](CS(=O)(=O)O)NC(=O)C(N)CS(=O)(=O)O. The summed E-state index contributed by atoms with van der Waals surface area (Å²) in [5.74, 6) is -4.08. The van der Waals surface area contributed by atoms with Gasteiger partial charge in [0.25, 0.3) is 20.2 Å². The van der Waals surface area contributed by atoms with Crippen molar-refractivity contribution in [3.05, 3.63) is 0 Å². The van der Waals surface area contributed by atoms with Gasteiger partial charge in [-0.05, 0) is 6.92 Å². The molecule has 1 amide bonds. The number of rotatable bonds is 7. The van der Waals surface area contributed by atoms with Gasteiger partial charge >= 0.3 is 0 Å². The van der Waals surface area contributed by atoms with Crippen molar-refractivity contribution in [2.24, 2.45) is 5.73 Å². The van der Waals surface area contributed by atoms with Crippen molar-refractivity contribution in [1.82, 2.24) is 5.32 Å². The fourth-order valence-corrected chi connectivity index (χ4v) is 2.40. The monoisotopic (exact) mass is 318 g/mol. The zero-order valence-electron chi connectivity index (χ0n) is 9.81. The van der Waals surface area contributed by atoms with E-state index in [-0.39, 0.29) is 0 Å². The molecule has 0 radical (unpaired) electrons. The maximum absolute atomic E-state index is 11.4. The van der Waals surface area contributed by atoms with Gasteiger partial charge in [0.2, 0.25) is 5.91 Å². The zero-order chi connectivity index (χ0) is 15.4. The molecule has 0 aliphatic rings. The number of Topliss-reactive ketones (excluding diaryl/α,β-unsaturated/α-hetero) is 1. The van der Waals surface area contributed by atoms with Gasteiger partial charge in [0, 0.05) is 0 Å². The second kappa shape index (κ2) is 6.38. The second-order valence-corrected chi connectivity index (χ2v) is 6.77. The fourth-order valence-electron chi connectivity index (χ4n) is 1.05. The number of amides is 1. The molecule has 0 bridgehead atoms. The Labute approximate surface area is 109 Å². The number of hydrogen-bond donors (Lipinski definition) is 4. The van der Waals surface area contributed by atoms with Gasteiger partial charge in [-0.25, -0.2) is 0 Å². The molecule has 0 spiro atoms. The molecule has 0 fully saturated rings. The van der Waals surface area contributed by atoms with Crippen LogP contribution in [-0.4, -0.2) is 61.2 Å². The summed E-state index contributed by atoms with van der Waals surface area (Å²) in [5, 5.41) is 1.87. The molecule has 0 saturated carbocycles. The molecule has 19 heavy (non-hydrogen) atoms. The topological polar surface area (TPSA) is 181 Å². The van der Waals surface area contributed by atoms with Crippen LogP contribution in [0.25, 0.3) is 0 Å². The lowest BCUT2D eigenvalue weighted by molar-refractivity contribution is -0.126. The van der Waals surface area contributed by atoms with Crippen molar-refractivity contribution < 1.29 is 35.5 Å². The van der Waals surface area contributed by atoms with Gasteiger partial charge in [0.15, 0.2) is 5.78 Å². The number of ketones is 1. The first-order valence-electron chi connectivity index (χ1n) is 4.78. The minimum absolute atomic E-state index is 0.773. The third-order valence-electron chi connectivity index (χ3n) is 1.91. The van der Waals surface area contributed by atoms with Crippen molar-refractivity contribution in [1.29, 1.82) is 0 Å². The highest BCUT2D eigenvalue weighted by Gasteiger charge is 2.27. The third kappa shape index (κ3) is 8.61. The van der Waals surface area contributed by atoms with Crippen LogP contribution < -0.4 is 11.1 Å². The average molecular weight is 318 g/mol. The predicted octanol–water partition coefficient (Wildman–Crippen LogP) is -2.84. The molecule has 0 saturated heterocycles. The molecule has 1 unspecified atom stereocenters. The van der Waals surface area contributed by atoms with Crippen molar-refractivity contribution in [2.75, 3.05) is 11.5 Å². The minimum Gasteiger partial charge on any atom is -0.344 e.